The van der Waals surface area contributed by atoms with E-state index in [4.69, 9.17) is 11.6 Å². The number of aromatic amines is 1. The number of fused-ring (bicyclic) bond motifs is 1. The zero-order chi connectivity index (χ0) is 13.4. The summed E-state index contributed by atoms with van der Waals surface area (Å²) in [6.45, 7) is 2.13. The minimum atomic E-state index is 0.640. The predicted octanol–water partition coefficient (Wildman–Crippen LogP) is 4.92. The van der Waals surface area contributed by atoms with Crippen molar-refractivity contribution in [2.24, 2.45) is 0 Å². The Morgan fingerprint density at radius 1 is 1.32 bits per heavy atom. The number of halogens is 1. The van der Waals surface area contributed by atoms with Crippen molar-refractivity contribution < 1.29 is 4.79 Å². The number of hydrogen-bond donors (Lipinski definition) is 1. The summed E-state index contributed by atoms with van der Waals surface area (Å²) in [7, 11) is 0. The molecule has 0 aliphatic carbocycles. The van der Waals surface area contributed by atoms with Crippen LogP contribution in [0.4, 0.5) is 0 Å². The number of aromatic nitrogens is 1. The minimum absolute atomic E-state index is 0.640. The predicted molar refractivity (Wildman–Crippen MR) is 81.4 cm³/mol. The average Bonchev–Trinajstić information content (AvgIpc) is 3.01. The van der Waals surface area contributed by atoms with E-state index in [-0.39, 0.29) is 0 Å². The van der Waals surface area contributed by atoms with E-state index in [1.807, 2.05) is 18.2 Å². The molecule has 2 heterocycles. The molecule has 1 aromatic carbocycles. The van der Waals surface area contributed by atoms with Gasteiger partial charge in [0.1, 0.15) is 0 Å². The molecular formula is C15H12ClNOS. The molecule has 0 bridgehead atoms. The molecule has 0 aliphatic heterocycles. The maximum Gasteiger partial charge on any atom is 0.152 e. The maximum atomic E-state index is 11.4. The number of aldehydes is 1. The molecule has 3 rings (SSSR count). The molecule has 1 N–H and O–H groups in total. The van der Waals surface area contributed by atoms with E-state index in [0.29, 0.717) is 10.6 Å². The summed E-state index contributed by atoms with van der Waals surface area (Å²) in [4.78, 5) is 17.1. The van der Waals surface area contributed by atoms with Crippen molar-refractivity contribution in [3.05, 3.63) is 45.8 Å². The van der Waals surface area contributed by atoms with Gasteiger partial charge in [0.2, 0.25) is 0 Å². The van der Waals surface area contributed by atoms with Crippen molar-refractivity contribution in [1.82, 2.24) is 4.98 Å². The van der Waals surface area contributed by atoms with Crippen LogP contribution in [0.3, 0.4) is 0 Å². The van der Waals surface area contributed by atoms with E-state index < -0.39 is 0 Å². The highest BCUT2D eigenvalue weighted by atomic mass is 35.5. The van der Waals surface area contributed by atoms with Crippen LogP contribution in [0.1, 0.15) is 22.2 Å². The Labute approximate surface area is 120 Å². The Bertz CT molecular complexity index is 757. The molecular weight excluding hydrogens is 278 g/mol. The number of thiophene rings is 1. The molecule has 2 nitrogen and oxygen atoms in total. The molecule has 0 amide bonds. The van der Waals surface area contributed by atoms with E-state index >= 15 is 0 Å². The van der Waals surface area contributed by atoms with Gasteiger partial charge in [-0.3, -0.25) is 4.79 Å². The molecule has 3 aromatic rings. The summed E-state index contributed by atoms with van der Waals surface area (Å²) < 4.78 is 0. The van der Waals surface area contributed by atoms with Crippen molar-refractivity contribution in [1.29, 1.82) is 0 Å². The van der Waals surface area contributed by atoms with E-state index in [9.17, 15) is 4.79 Å². The maximum absolute atomic E-state index is 11.4. The first-order valence-corrected chi connectivity index (χ1v) is 7.28. The number of carbonyl (C=O) groups is 1. The summed E-state index contributed by atoms with van der Waals surface area (Å²) in [5, 5.41) is 1.52. The van der Waals surface area contributed by atoms with Gasteiger partial charge in [-0.25, -0.2) is 0 Å². The highest BCUT2D eigenvalue weighted by Gasteiger charge is 2.14. The van der Waals surface area contributed by atoms with Gasteiger partial charge in [0.05, 0.1) is 10.6 Å². The van der Waals surface area contributed by atoms with Gasteiger partial charge in [-0.05, 0) is 36.8 Å². The molecule has 0 spiro atoms. The molecule has 0 unspecified atom stereocenters. The largest absolute Gasteiger partial charge is 0.353 e. The Morgan fingerprint density at radius 2 is 2.16 bits per heavy atom. The normalized spacial score (nSPS) is 11.1. The fourth-order valence-corrected chi connectivity index (χ4v) is 3.34. The monoisotopic (exact) mass is 289 g/mol. The van der Waals surface area contributed by atoms with Crippen molar-refractivity contribution >= 4 is 40.1 Å². The molecule has 0 saturated heterocycles. The number of rotatable bonds is 3. The lowest BCUT2D eigenvalue weighted by Gasteiger charge is -1.94. The Balaban J connectivity index is 2.25. The average molecular weight is 290 g/mol. The summed E-state index contributed by atoms with van der Waals surface area (Å²) in [5.41, 5.74) is 2.51. The number of carbonyl (C=O) groups excluding carboxylic acids is 1. The van der Waals surface area contributed by atoms with Crippen molar-refractivity contribution in [3.8, 4) is 10.6 Å². The van der Waals surface area contributed by atoms with E-state index in [0.717, 1.165) is 34.2 Å². The molecule has 0 fully saturated rings. The highest BCUT2D eigenvalue weighted by molar-refractivity contribution is 7.15. The Kier molecular flexibility index (Phi) is 3.17. The zero-order valence-electron chi connectivity index (χ0n) is 10.4. The van der Waals surface area contributed by atoms with Gasteiger partial charge in [0, 0.05) is 26.4 Å². The summed E-state index contributed by atoms with van der Waals surface area (Å²) in [6, 6.07) is 9.72. The van der Waals surface area contributed by atoms with E-state index in [1.165, 1.54) is 4.88 Å². The second-order valence-electron chi connectivity index (χ2n) is 4.34. The fourth-order valence-electron chi connectivity index (χ4n) is 2.20. The minimum Gasteiger partial charge on any atom is -0.353 e. The van der Waals surface area contributed by atoms with Crippen LogP contribution in [0.5, 0.6) is 0 Å². The van der Waals surface area contributed by atoms with Crippen LogP contribution >= 0.6 is 22.9 Å². The molecule has 0 radical (unpaired) electrons. The van der Waals surface area contributed by atoms with Crippen molar-refractivity contribution in [3.63, 3.8) is 0 Å². The molecule has 19 heavy (non-hydrogen) atoms. The summed E-state index contributed by atoms with van der Waals surface area (Å²) in [5.74, 6) is 0. The fraction of sp³-hybridized carbons (Fsp3) is 0.133. The number of benzene rings is 1. The molecule has 2 aromatic heterocycles. The topological polar surface area (TPSA) is 32.9 Å². The van der Waals surface area contributed by atoms with Gasteiger partial charge >= 0.3 is 0 Å². The summed E-state index contributed by atoms with van der Waals surface area (Å²) >= 11 is 7.71. The lowest BCUT2D eigenvalue weighted by Crippen LogP contribution is -1.80. The van der Waals surface area contributed by atoms with Gasteiger partial charge in [0.15, 0.2) is 6.29 Å². The first-order valence-electron chi connectivity index (χ1n) is 6.08. The van der Waals surface area contributed by atoms with Crippen LogP contribution in [-0.4, -0.2) is 11.3 Å². The van der Waals surface area contributed by atoms with Crippen LogP contribution in [0.25, 0.3) is 21.5 Å². The number of hydrogen-bond acceptors (Lipinski definition) is 2. The third-order valence-corrected chi connectivity index (χ3v) is 4.66. The Hall–Kier alpha value is -1.58. The lowest BCUT2D eigenvalue weighted by atomic mass is 10.1. The Morgan fingerprint density at radius 3 is 2.84 bits per heavy atom. The lowest BCUT2D eigenvalue weighted by molar-refractivity contribution is 0.112. The van der Waals surface area contributed by atoms with Gasteiger partial charge in [-0.15, -0.1) is 11.3 Å². The van der Waals surface area contributed by atoms with Crippen LogP contribution < -0.4 is 0 Å². The second-order valence-corrected chi connectivity index (χ2v) is 5.95. The second kappa shape index (κ2) is 4.83. The molecule has 96 valence electrons. The molecule has 0 saturated carbocycles. The van der Waals surface area contributed by atoms with Gasteiger partial charge in [0.25, 0.3) is 0 Å². The first-order chi connectivity index (χ1) is 9.22. The number of H-pyrrole nitrogens is 1. The SMILES string of the molecule is CCc1ccc(-c2[nH]c3ccc(Cl)cc3c2C=O)s1. The van der Waals surface area contributed by atoms with E-state index in [2.05, 4.69) is 24.0 Å². The highest BCUT2D eigenvalue weighted by Crippen LogP contribution is 2.34. The standard InChI is InChI=1S/C15H12ClNOS/c1-2-10-4-6-14(19-10)15-12(8-18)11-7-9(16)3-5-13(11)17-15/h3-8,17H,2H2,1H3. The smallest absolute Gasteiger partial charge is 0.152 e. The quantitative estimate of drug-likeness (QED) is 0.682. The number of nitrogens with one attached hydrogen (secondary N) is 1. The van der Waals surface area contributed by atoms with Crippen molar-refractivity contribution in [2.75, 3.05) is 0 Å². The van der Waals surface area contributed by atoms with Crippen LogP contribution in [0, 0.1) is 0 Å². The van der Waals surface area contributed by atoms with Gasteiger partial charge in [-0.2, -0.15) is 0 Å². The third-order valence-electron chi connectivity index (χ3n) is 3.18. The number of aryl methyl sites for hydroxylation is 1. The van der Waals surface area contributed by atoms with E-state index in [1.54, 1.807) is 11.3 Å². The van der Waals surface area contributed by atoms with Crippen molar-refractivity contribution in [2.45, 2.75) is 13.3 Å². The van der Waals surface area contributed by atoms with Crippen LogP contribution in [-0.2, 0) is 6.42 Å². The van der Waals surface area contributed by atoms with Gasteiger partial charge < -0.3 is 4.98 Å². The molecule has 0 aliphatic rings. The first kappa shape index (κ1) is 12.5. The van der Waals surface area contributed by atoms with Crippen LogP contribution in [0.15, 0.2) is 30.3 Å². The molecule has 0 atom stereocenters. The zero-order valence-corrected chi connectivity index (χ0v) is 11.9. The van der Waals surface area contributed by atoms with Crippen LogP contribution in [0.2, 0.25) is 5.02 Å². The third kappa shape index (κ3) is 2.09. The molecule has 4 heteroatoms. The van der Waals surface area contributed by atoms with Gasteiger partial charge in [-0.1, -0.05) is 18.5 Å². The summed E-state index contributed by atoms with van der Waals surface area (Å²) in [6.07, 6.45) is 1.91.